The van der Waals surface area contributed by atoms with Crippen LogP contribution in [0.2, 0.25) is 0 Å². The second-order valence-electron chi connectivity index (χ2n) is 9.24. The van der Waals surface area contributed by atoms with Crippen LogP contribution >= 0.6 is 0 Å². The first kappa shape index (κ1) is 19.7. The number of carbonyl (C=O) groups is 1. The van der Waals surface area contributed by atoms with Gasteiger partial charge >= 0.3 is 0 Å². The fourth-order valence-electron chi connectivity index (χ4n) is 5.51. The van der Waals surface area contributed by atoms with Gasteiger partial charge in [-0.05, 0) is 62.5 Å². The summed E-state index contributed by atoms with van der Waals surface area (Å²) < 4.78 is 5.49. The quantitative estimate of drug-likeness (QED) is 0.786. The number of carbonyl (C=O) groups excluding carboxylic acids is 1. The molecule has 1 amide bonds. The lowest BCUT2D eigenvalue weighted by Crippen LogP contribution is -2.54. The van der Waals surface area contributed by atoms with E-state index in [4.69, 9.17) is 4.74 Å². The molecule has 1 spiro atoms. The summed E-state index contributed by atoms with van der Waals surface area (Å²) in [5.74, 6) is 0.326. The van der Waals surface area contributed by atoms with Gasteiger partial charge in [0.2, 0.25) is 5.91 Å². The van der Waals surface area contributed by atoms with E-state index < -0.39 is 0 Å². The summed E-state index contributed by atoms with van der Waals surface area (Å²) in [7, 11) is 0. The molecule has 3 aliphatic rings. The maximum absolute atomic E-state index is 13.2. The van der Waals surface area contributed by atoms with E-state index in [1.807, 2.05) is 0 Å². The van der Waals surface area contributed by atoms with Crippen LogP contribution in [0.1, 0.15) is 41.8 Å². The Morgan fingerprint density at radius 2 is 2.00 bits per heavy atom. The summed E-state index contributed by atoms with van der Waals surface area (Å²) >= 11 is 0. The van der Waals surface area contributed by atoms with Crippen molar-refractivity contribution in [2.75, 3.05) is 32.8 Å². The first-order chi connectivity index (χ1) is 14.6. The number of aromatic nitrogens is 1. The summed E-state index contributed by atoms with van der Waals surface area (Å²) in [4.78, 5) is 22.5. The van der Waals surface area contributed by atoms with Crippen molar-refractivity contribution in [1.82, 2.24) is 14.8 Å². The van der Waals surface area contributed by atoms with Crippen molar-refractivity contribution in [3.05, 3.63) is 65.0 Å². The van der Waals surface area contributed by atoms with E-state index in [1.54, 1.807) is 0 Å². The summed E-state index contributed by atoms with van der Waals surface area (Å²) in [6.45, 7) is 7.92. The number of amides is 1. The van der Waals surface area contributed by atoms with Gasteiger partial charge in [-0.1, -0.05) is 30.3 Å². The number of rotatable bonds is 3. The first-order valence-electron chi connectivity index (χ1n) is 11.2. The SMILES string of the molecule is Cc1cccc(CN2CCC3(CC2)CN(C(=O)C2CCOC2)Cc2ccccc23)n1. The maximum Gasteiger partial charge on any atom is 0.228 e. The molecule has 5 heteroatoms. The average molecular weight is 406 g/mol. The van der Waals surface area contributed by atoms with Crippen molar-refractivity contribution in [2.45, 2.75) is 44.7 Å². The van der Waals surface area contributed by atoms with Crippen LogP contribution in [0.3, 0.4) is 0 Å². The Morgan fingerprint density at radius 3 is 2.77 bits per heavy atom. The van der Waals surface area contributed by atoms with Crippen LogP contribution in [0.15, 0.2) is 42.5 Å². The molecule has 5 rings (SSSR count). The van der Waals surface area contributed by atoms with E-state index in [2.05, 4.69) is 64.2 Å². The number of fused-ring (bicyclic) bond motifs is 2. The number of aryl methyl sites for hydroxylation is 1. The molecular weight excluding hydrogens is 374 g/mol. The van der Waals surface area contributed by atoms with Gasteiger partial charge in [0.1, 0.15) is 0 Å². The number of nitrogens with zero attached hydrogens (tertiary/aromatic N) is 3. The first-order valence-corrected chi connectivity index (χ1v) is 11.2. The fraction of sp³-hybridized carbons (Fsp3) is 0.520. The maximum atomic E-state index is 13.2. The summed E-state index contributed by atoms with van der Waals surface area (Å²) in [5.41, 5.74) is 5.08. The van der Waals surface area contributed by atoms with E-state index in [-0.39, 0.29) is 17.2 Å². The van der Waals surface area contributed by atoms with Crippen LogP contribution in [0.4, 0.5) is 0 Å². The van der Waals surface area contributed by atoms with Gasteiger partial charge in [0.05, 0.1) is 18.2 Å². The highest BCUT2D eigenvalue weighted by Gasteiger charge is 2.44. The number of benzene rings is 1. The zero-order valence-corrected chi connectivity index (χ0v) is 17.8. The highest BCUT2D eigenvalue weighted by atomic mass is 16.5. The molecule has 0 saturated carbocycles. The van der Waals surface area contributed by atoms with Crippen molar-refractivity contribution in [2.24, 2.45) is 5.92 Å². The van der Waals surface area contributed by atoms with Crippen molar-refractivity contribution in [3.8, 4) is 0 Å². The smallest absolute Gasteiger partial charge is 0.228 e. The number of likely N-dealkylation sites (tertiary alicyclic amines) is 1. The molecule has 0 radical (unpaired) electrons. The van der Waals surface area contributed by atoms with Crippen molar-refractivity contribution < 1.29 is 9.53 Å². The second-order valence-corrected chi connectivity index (χ2v) is 9.24. The predicted molar refractivity (Wildman–Crippen MR) is 116 cm³/mol. The van der Waals surface area contributed by atoms with E-state index in [1.165, 1.54) is 11.1 Å². The molecule has 4 heterocycles. The largest absolute Gasteiger partial charge is 0.381 e. The lowest BCUT2D eigenvalue weighted by molar-refractivity contribution is -0.138. The Bertz CT molecular complexity index is 914. The Labute approximate surface area is 179 Å². The van der Waals surface area contributed by atoms with Gasteiger partial charge in [-0.15, -0.1) is 0 Å². The van der Waals surface area contributed by atoms with E-state index in [0.717, 1.165) is 63.4 Å². The lowest BCUT2D eigenvalue weighted by Gasteiger charge is -2.49. The van der Waals surface area contributed by atoms with Crippen LogP contribution in [0.5, 0.6) is 0 Å². The van der Waals surface area contributed by atoms with Gasteiger partial charge in [-0.25, -0.2) is 0 Å². The fourth-order valence-corrected chi connectivity index (χ4v) is 5.51. The van der Waals surface area contributed by atoms with Crippen LogP contribution < -0.4 is 0 Å². The molecule has 2 fully saturated rings. The molecule has 1 atom stereocenters. The van der Waals surface area contributed by atoms with Gasteiger partial charge < -0.3 is 9.64 Å². The number of hydrogen-bond donors (Lipinski definition) is 0. The summed E-state index contributed by atoms with van der Waals surface area (Å²) in [5, 5.41) is 0. The van der Waals surface area contributed by atoms with Crippen molar-refractivity contribution >= 4 is 5.91 Å². The van der Waals surface area contributed by atoms with Gasteiger partial charge in [0.25, 0.3) is 0 Å². The predicted octanol–water partition coefficient (Wildman–Crippen LogP) is 3.30. The average Bonchev–Trinajstić information content (AvgIpc) is 3.30. The third-order valence-corrected chi connectivity index (χ3v) is 7.18. The van der Waals surface area contributed by atoms with E-state index in [0.29, 0.717) is 13.2 Å². The molecule has 2 aromatic rings. The topological polar surface area (TPSA) is 45.7 Å². The molecule has 0 N–H and O–H groups in total. The number of piperidine rings is 1. The molecular formula is C25H31N3O2. The summed E-state index contributed by atoms with van der Waals surface area (Å²) in [6, 6.07) is 15.0. The van der Waals surface area contributed by atoms with E-state index in [9.17, 15) is 4.79 Å². The third-order valence-electron chi connectivity index (χ3n) is 7.18. The Balaban J connectivity index is 1.34. The van der Waals surface area contributed by atoms with Crippen molar-refractivity contribution in [3.63, 3.8) is 0 Å². The van der Waals surface area contributed by atoms with Crippen LogP contribution in [-0.2, 0) is 28.0 Å². The Morgan fingerprint density at radius 1 is 1.17 bits per heavy atom. The minimum absolute atomic E-state index is 0.0415. The minimum Gasteiger partial charge on any atom is -0.381 e. The van der Waals surface area contributed by atoms with Crippen molar-refractivity contribution in [1.29, 1.82) is 0 Å². The lowest BCUT2D eigenvalue weighted by atomic mass is 9.68. The van der Waals surface area contributed by atoms with Gasteiger partial charge in [-0.3, -0.25) is 14.7 Å². The van der Waals surface area contributed by atoms with Crippen LogP contribution in [-0.4, -0.2) is 53.5 Å². The van der Waals surface area contributed by atoms with E-state index >= 15 is 0 Å². The molecule has 1 unspecified atom stereocenters. The monoisotopic (exact) mass is 405 g/mol. The molecule has 1 aromatic heterocycles. The molecule has 30 heavy (non-hydrogen) atoms. The molecule has 2 saturated heterocycles. The molecule has 0 bridgehead atoms. The van der Waals surface area contributed by atoms with Crippen LogP contribution in [0, 0.1) is 12.8 Å². The van der Waals surface area contributed by atoms with Crippen LogP contribution in [0.25, 0.3) is 0 Å². The molecule has 5 nitrogen and oxygen atoms in total. The molecule has 1 aromatic carbocycles. The molecule has 0 aliphatic carbocycles. The minimum atomic E-state index is 0.0415. The number of pyridine rings is 1. The number of hydrogen-bond acceptors (Lipinski definition) is 4. The Hall–Kier alpha value is -2.24. The highest BCUT2D eigenvalue weighted by molar-refractivity contribution is 5.79. The second kappa shape index (κ2) is 8.12. The molecule has 3 aliphatic heterocycles. The standard InChI is InChI=1S/C25H31N3O2/c1-19-5-4-7-22(26-19)16-27-12-10-25(11-13-27)18-28(24(29)21-9-14-30-17-21)15-20-6-2-3-8-23(20)25/h2-8,21H,9-18H2,1H3. The normalized spacial score (nSPS) is 23.5. The number of ether oxygens (including phenoxy) is 1. The summed E-state index contributed by atoms with van der Waals surface area (Å²) in [6.07, 6.45) is 3.03. The Kier molecular flexibility index (Phi) is 5.34. The molecule has 158 valence electrons. The zero-order valence-electron chi connectivity index (χ0n) is 17.8. The zero-order chi connectivity index (χ0) is 20.6. The van der Waals surface area contributed by atoms with Gasteiger partial charge in [0.15, 0.2) is 0 Å². The highest BCUT2D eigenvalue weighted by Crippen LogP contribution is 2.42. The third kappa shape index (κ3) is 3.77. The van der Waals surface area contributed by atoms with Gasteiger partial charge in [0, 0.05) is 37.4 Å². The van der Waals surface area contributed by atoms with Gasteiger partial charge in [-0.2, -0.15) is 0 Å².